The molecule has 3 heteroatoms. The third-order valence-corrected chi connectivity index (χ3v) is 2.78. The Morgan fingerprint density at radius 1 is 1.00 bits per heavy atom. The number of hydrogen-bond donors (Lipinski definition) is 1. The largest absolute Gasteiger partial charge is 0.373 e. The van der Waals surface area contributed by atoms with E-state index in [1.807, 2.05) is 0 Å². The zero-order valence-electron chi connectivity index (χ0n) is 12.1. The lowest BCUT2D eigenvalue weighted by Gasteiger charge is -1.99. The summed E-state index contributed by atoms with van der Waals surface area (Å²) in [5.74, 6) is 4.94. The molecule has 0 amide bonds. The lowest BCUT2D eigenvalue weighted by atomic mass is 10.1. The highest BCUT2D eigenvalue weighted by Crippen LogP contribution is 2.18. The zero-order valence-corrected chi connectivity index (χ0v) is 12.1. The predicted octanol–water partition coefficient (Wildman–Crippen LogP) is 3.34. The fourth-order valence-corrected chi connectivity index (χ4v) is 1.74. The molecule has 3 nitrogen and oxygen atoms in total. The molecular formula is C14H32N2O. The number of hydrogen-bond acceptors (Lipinski definition) is 3. The maximum absolute atomic E-state index is 5.17. The number of epoxide rings is 1. The van der Waals surface area contributed by atoms with Crippen molar-refractivity contribution in [2.24, 2.45) is 5.84 Å². The van der Waals surface area contributed by atoms with Crippen LogP contribution >= 0.6 is 0 Å². The first kappa shape index (κ1) is 16.9. The molecule has 1 unspecified atom stereocenters. The molecule has 0 spiro atoms. The summed E-state index contributed by atoms with van der Waals surface area (Å²) in [6, 6.07) is 0. The lowest BCUT2D eigenvalue weighted by Crippen LogP contribution is -2.18. The SMILES string of the molecule is CCCCCCCCCCC1CO1.CN(C)N. The molecule has 1 rings (SSSR count). The van der Waals surface area contributed by atoms with E-state index in [0.717, 1.165) is 6.61 Å². The van der Waals surface area contributed by atoms with Crippen LogP contribution < -0.4 is 5.84 Å². The average molecular weight is 244 g/mol. The van der Waals surface area contributed by atoms with Gasteiger partial charge < -0.3 is 4.74 Å². The van der Waals surface area contributed by atoms with Gasteiger partial charge in [0.15, 0.2) is 0 Å². The molecule has 17 heavy (non-hydrogen) atoms. The summed E-state index contributed by atoms with van der Waals surface area (Å²) in [6.45, 7) is 3.31. The van der Waals surface area contributed by atoms with Crippen LogP contribution in [0.3, 0.4) is 0 Å². The van der Waals surface area contributed by atoms with Crippen molar-refractivity contribution in [3.8, 4) is 0 Å². The van der Waals surface area contributed by atoms with Crippen molar-refractivity contribution < 1.29 is 4.74 Å². The van der Waals surface area contributed by atoms with Gasteiger partial charge in [0, 0.05) is 14.1 Å². The van der Waals surface area contributed by atoms with Crippen LogP contribution in [0.15, 0.2) is 0 Å². The third kappa shape index (κ3) is 18.4. The molecular weight excluding hydrogens is 212 g/mol. The highest BCUT2D eigenvalue weighted by molar-refractivity contribution is 4.68. The molecule has 1 aliphatic heterocycles. The van der Waals surface area contributed by atoms with Crippen LogP contribution in [0, 0.1) is 0 Å². The Labute approximate surface area is 108 Å². The van der Waals surface area contributed by atoms with Crippen LogP contribution in [0.4, 0.5) is 0 Å². The Hall–Kier alpha value is -0.120. The minimum absolute atomic E-state index is 0.653. The smallest absolute Gasteiger partial charge is 0.0810 e. The summed E-state index contributed by atoms with van der Waals surface area (Å²) in [4.78, 5) is 0. The number of nitrogens with two attached hydrogens (primary N) is 1. The molecule has 0 aliphatic carbocycles. The van der Waals surface area contributed by atoms with E-state index < -0.39 is 0 Å². The van der Waals surface area contributed by atoms with E-state index in [4.69, 9.17) is 10.6 Å². The number of rotatable bonds is 9. The molecule has 2 N–H and O–H groups in total. The standard InChI is InChI=1S/C12H24O.C2H8N2/c1-2-3-4-5-6-7-8-9-10-12-11-13-12;1-4(2)3/h12H,2-11H2,1H3;3H2,1-2H3. The topological polar surface area (TPSA) is 41.8 Å². The second kappa shape index (κ2) is 12.3. The van der Waals surface area contributed by atoms with E-state index in [1.165, 1.54) is 62.8 Å². The fourth-order valence-electron chi connectivity index (χ4n) is 1.74. The van der Waals surface area contributed by atoms with Gasteiger partial charge >= 0.3 is 0 Å². The van der Waals surface area contributed by atoms with Gasteiger partial charge in [0.1, 0.15) is 0 Å². The quantitative estimate of drug-likeness (QED) is 0.293. The number of ether oxygens (including phenoxy) is 1. The number of hydrazine groups is 1. The van der Waals surface area contributed by atoms with Gasteiger partial charge in [-0.15, -0.1) is 0 Å². The van der Waals surface area contributed by atoms with Crippen molar-refractivity contribution in [1.82, 2.24) is 5.01 Å². The van der Waals surface area contributed by atoms with Gasteiger partial charge in [0.2, 0.25) is 0 Å². The summed E-state index contributed by atoms with van der Waals surface area (Å²) in [5.41, 5.74) is 0. The highest BCUT2D eigenvalue weighted by atomic mass is 16.6. The summed E-state index contributed by atoms with van der Waals surface area (Å²) >= 11 is 0. The summed E-state index contributed by atoms with van der Waals surface area (Å²) in [7, 11) is 3.56. The second-order valence-electron chi connectivity index (χ2n) is 5.18. The maximum Gasteiger partial charge on any atom is 0.0810 e. The van der Waals surface area contributed by atoms with Gasteiger partial charge in [-0.25, -0.2) is 0 Å². The van der Waals surface area contributed by atoms with Gasteiger partial charge in [-0.2, -0.15) is 0 Å². The van der Waals surface area contributed by atoms with Crippen molar-refractivity contribution in [3.63, 3.8) is 0 Å². The molecule has 0 saturated carbocycles. The molecule has 1 aliphatic rings. The summed E-state index contributed by atoms with van der Waals surface area (Å²) in [6.07, 6.45) is 13.4. The second-order valence-corrected chi connectivity index (χ2v) is 5.18. The van der Waals surface area contributed by atoms with Crippen LogP contribution in [0.25, 0.3) is 0 Å². The van der Waals surface area contributed by atoms with E-state index in [0.29, 0.717) is 6.10 Å². The van der Waals surface area contributed by atoms with E-state index in [9.17, 15) is 0 Å². The molecule has 0 bridgehead atoms. The maximum atomic E-state index is 5.17. The fraction of sp³-hybridized carbons (Fsp3) is 1.00. The van der Waals surface area contributed by atoms with Crippen LogP contribution in [0.1, 0.15) is 64.7 Å². The van der Waals surface area contributed by atoms with Crippen molar-refractivity contribution >= 4 is 0 Å². The Morgan fingerprint density at radius 3 is 1.82 bits per heavy atom. The minimum Gasteiger partial charge on any atom is -0.373 e. The molecule has 0 radical (unpaired) electrons. The Balaban J connectivity index is 0.000000557. The van der Waals surface area contributed by atoms with Crippen molar-refractivity contribution in [2.75, 3.05) is 20.7 Å². The molecule has 1 heterocycles. The minimum atomic E-state index is 0.653. The van der Waals surface area contributed by atoms with E-state index in [1.54, 1.807) is 14.1 Å². The van der Waals surface area contributed by atoms with Gasteiger partial charge in [0.05, 0.1) is 12.7 Å². The molecule has 0 aromatic carbocycles. The first-order chi connectivity index (χ1) is 8.16. The van der Waals surface area contributed by atoms with Gasteiger partial charge in [-0.3, -0.25) is 10.9 Å². The lowest BCUT2D eigenvalue weighted by molar-refractivity contribution is 0.387. The molecule has 1 saturated heterocycles. The number of unbranched alkanes of at least 4 members (excludes halogenated alkanes) is 7. The summed E-state index contributed by atoms with van der Waals surface area (Å²) < 4.78 is 5.17. The van der Waals surface area contributed by atoms with Crippen LogP contribution in [0.2, 0.25) is 0 Å². The van der Waals surface area contributed by atoms with E-state index >= 15 is 0 Å². The van der Waals surface area contributed by atoms with Crippen LogP contribution in [0.5, 0.6) is 0 Å². The van der Waals surface area contributed by atoms with Crippen LogP contribution in [-0.2, 0) is 4.74 Å². The highest BCUT2D eigenvalue weighted by Gasteiger charge is 2.20. The van der Waals surface area contributed by atoms with Crippen molar-refractivity contribution in [1.29, 1.82) is 0 Å². The Bertz CT molecular complexity index is 144. The van der Waals surface area contributed by atoms with Gasteiger partial charge in [0.25, 0.3) is 0 Å². The van der Waals surface area contributed by atoms with Crippen molar-refractivity contribution in [3.05, 3.63) is 0 Å². The van der Waals surface area contributed by atoms with Gasteiger partial charge in [-0.05, 0) is 6.42 Å². The van der Waals surface area contributed by atoms with Crippen molar-refractivity contribution in [2.45, 2.75) is 70.8 Å². The summed E-state index contributed by atoms with van der Waals surface area (Å²) in [5, 5.41) is 1.50. The zero-order chi connectivity index (χ0) is 12.9. The Morgan fingerprint density at radius 2 is 1.41 bits per heavy atom. The molecule has 0 aromatic heterocycles. The van der Waals surface area contributed by atoms with Crippen LogP contribution in [-0.4, -0.2) is 31.8 Å². The first-order valence-corrected chi connectivity index (χ1v) is 7.20. The van der Waals surface area contributed by atoms with E-state index in [-0.39, 0.29) is 0 Å². The number of nitrogens with zero attached hydrogens (tertiary/aromatic N) is 1. The first-order valence-electron chi connectivity index (χ1n) is 7.20. The third-order valence-electron chi connectivity index (χ3n) is 2.78. The van der Waals surface area contributed by atoms with Gasteiger partial charge in [-0.1, -0.05) is 58.3 Å². The molecule has 1 atom stereocenters. The molecule has 1 fully saturated rings. The van der Waals surface area contributed by atoms with E-state index in [2.05, 4.69) is 6.92 Å². The predicted molar refractivity (Wildman–Crippen MR) is 74.8 cm³/mol. The average Bonchev–Trinajstić information content (AvgIpc) is 3.05. The monoisotopic (exact) mass is 244 g/mol. The molecule has 104 valence electrons. The molecule has 0 aromatic rings. The Kier molecular flexibility index (Phi) is 12.3. The normalized spacial score (nSPS) is 17.8.